The van der Waals surface area contributed by atoms with E-state index in [1.807, 2.05) is 12.1 Å². The Morgan fingerprint density at radius 2 is 2.17 bits per heavy atom. The Morgan fingerprint density at radius 1 is 1.44 bits per heavy atom. The summed E-state index contributed by atoms with van der Waals surface area (Å²) in [7, 11) is 0. The van der Waals surface area contributed by atoms with Gasteiger partial charge in [0.25, 0.3) is 0 Å². The molecule has 1 N–H and O–H groups in total. The zero-order chi connectivity index (χ0) is 13.3. The van der Waals surface area contributed by atoms with Crippen LogP contribution in [0.2, 0.25) is 5.02 Å². The molecule has 18 heavy (non-hydrogen) atoms. The number of nitrogens with one attached hydrogen (secondary N) is 1. The fraction of sp³-hybridized carbons (Fsp3) is 0.600. The van der Waals surface area contributed by atoms with Crippen LogP contribution in [0, 0.1) is 6.92 Å². The van der Waals surface area contributed by atoms with Gasteiger partial charge in [0.15, 0.2) is 0 Å². The zero-order valence-corrected chi connectivity index (χ0v) is 12.5. The first-order valence-corrected chi connectivity index (χ1v) is 7.09. The summed E-state index contributed by atoms with van der Waals surface area (Å²) in [5, 5.41) is 4.48. The van der Waals surface area contributed by atoms with E-state index in [-0.39, 0.29) is 5.54 Å². The first-order chi connectivity index (χ1) is 8.44. The van der Waals surface area contributed by atoms with Crippen molar-refractivity contribution in [2.24, 2.45) is 0 Å². The van der Waals surface area contributed by atoms with Gasteiger partial charge in [0.2, 0.25) is 0 Å². The number of aryl methyl sites for hydroxylation is 1. The molecule has 0 aromatic heterocycles. The Kier molecular flexibility index (Phi) is 3.88. The molecule has 2 nitrogen and oxygen atoms in total. The highest BCUT2D eigenvalue weighted by molar-refractivity contribution is 6.33. The van der Waals surface area contributed by atoms with Gasteiger partial charge in [0.05, 0.1) is 10.7 Å². The van der Waals surface area contributed by atoms with Crippen molar-refractivity contribution < 1.29 is 0 Å². The minimum absolute atomic E-state index is 0.136. The lowest BCUT2D eigenvalue weighted by Crippen LogP contribution is -2.61. The predicted octanol–water partition coefficient (Wildman–Crippen LogP) is 3.62. The quantitative estimate of drug-likeness (QED) is 0.880. The van der Waals surface area contributed by atoms with E-state index >= 15 is 0 Å². The highest BCUT2D eigenvalue weighted by Crippen LogP contribution is 2.33. The highest BCUT2D eigenvalue weighted by atomic mass is 35.5. The number of halogens is 1. The van der Waals surface area contributed by atoms with Crippen LogP contribution in [0.3, 0.4) is 0 Å². The Bertz CT molecular complexity index is 408. The number of hydrogen-bond acceptors (Lipinski definition) is 2. The van der Waals surface area contributed by atoms with Gasteiger partial charge in [-0.05, 0) is 38.8 Å². The number of rotatable bonds is 2. The Hall–Kier alpha value is -0.730. The fourth-order valence-corrected chi connectivity index (χ4v) is 3.06. The van der Waals surface area contributed by atoms with Crippen LogP contribution in [-0.4, -0.2) is 24.7 Å². The molecule has 0 amide bonds. The van der Waals surface area contributed by atoms with Crippen LogP contribution >= 0.6 is 11.6 Å². The van der Waals surface area contributed by atoms with Crippen molar-refractivity contribution in [3.63, 3.8) is 0 Å². The molecule has 1 heterocycles. The van der Waals surface area contributed by atoms with Crippen molar-refractivity contribution in [2.45, 2.75) is 45.7 Å². The van der Waals surface area contributed by atoms with Crippen LogP contribution < -0.4 is 10.2 Å². The number of para-hydroxylation sites is 1. The van der Waals surface area contributed by atoms with E-state index in [1.165, 1.54) is 11.3 Å². The van der Waals surface area contributed by atoms with E-state index in [9.17, 15) is 0 Å². The molecule has 1 fully saturated rings. The maximum Gasteiger partial charge on any atom is 0.0642 e. The second kappa shape index (κ2) is 5.10. The van der Waals surface area contributed by atoms with E-state index in [4.69, 9.17) is 11.6 Å². The number of benzene rings is 1. The molecule has 1 saturated heterocycles. The molecular weight excluding hydrogens is 244 g/mol. The van der Waals surface area contributed by atoms with Crippen molar-refractivity contribution in [3.05, 3.63) is 28.8 Å². The third-order valence-corrected chi connectivity index (χ3v) is 4.07. The Morgan fingerprint density at radius 3 is 2.78 bits per heavy atom. The summed E-state index contributed by atoms with van der Waals surface area (Å²) in [6.07, 6.45) is 1.13. The lowest BCUT2D eigenvalue weighted by Gasteiger charge is -2.46. The molecule has 0 saturated carbocycles. The Balaban J connectivity index is 2.39. The summed E-state index contributed by atoms with van der Waals surface area (Å²) in [6, 6.07) is 6.68. The molecule has 3 heteroatoms. The second-order valence-electron chi connectivity index (χ2n) is 5.86. The summed E-state index contributed by atoms with van der Waals surface area (Å²) in [6.45, 7) is 10.9. The zero-order valence-electron chi connectivity index (χ0n) is 11.8. The summed E-state index contributed by atoms with van der Waals surface area (Å²) >= 11 is 6.42. The normalized spacial score (nSPS) is 23.2. The maximum atomic E-state index is 6.42. The number of hydrogen-bond donors (Lipinski definition) is 1. The minimum atomic E-state index is 0.136. The van der Waals surface area contributed by atoms with E-state index in [0.717, 1.165) is 24.5 Å². The standard InChI is InChI=1S/C15H23ClN2/c1-5-12-9-17-15(3,4)10-18(12)14-11(2)7-6-8-13(14)16/h6-8,12,17H,5,9-10H2,1-4H3. The molecule has 1 unspecified atom stereocenters. The average molecular weight is 267 g/mol. The van der Waals surface area contributed by atoms with Crippen molar-refractivity contribution in [1.29, 1.82) is 0 Å². The van der Waals surface area contributed by atoms with Gasteiger partial charge >= 0.3 is 0 Å². The molecule has 1 aliphatic rings. The van der Waals surface area contributed by atoms with Gasteiger partial charge < -0.3 is 10.2 Å². The van der Waals surface area contributed by atoms with Gasteiger partial charge in [0, 0.05) is 24.7 Å². The van der Waals surface area contributed by atoms with E-state index in [1.54, 1.807) is 0 Å². The highest BCUT2D eigenvalue weighted by Gasteiger charge is 2.33. The average Bonchev–Trinajstić information content (AvgIpc) is 2.28. The summed E-state index contributed by atoms with van der Waals surface area (Å²) in [5.41, 5.74) is 2.61. The molecule has 1 atom stereocenters. The van der Waals surface area contributed by atoms with Crippen LogP contribution in [0.25, 0.3) is 0 Å². The predicted molar refractivity (Wildman–Crippen MR) is 79.7 cm³/mol. The molecule has 1 aliphatic heterocycles. The van der Waals surface area contributed by atoms with Gasteiger partial charge in [-0.25, -0.2) is 0 Å². The monoisotopic (exact) mass is 266 g/mol. The maximum absolute atomic E-state index is 6.42. The molecule has 0 bridgehead atoms. The van der Waals surface area contributed by atoms with Crippen molar-refractivity contribution >= 4 is 17.3 Å². The number of nitrogens with zero attached hydrogens (tertiary/aromatic N) is 1. The van der Waals surface area contributed by atoms with Crippen molar-refractivity contribution in [3.8, 4) is 0 Å². The van der Waals surface area contributed by atoms with E-state index in [2.05, 4.69) is 44.0 Å². The fourth-order valence-electron chi connectivity index (χ4n) is 2.73. The molecular formula is C15H23ClN2. The minimum Gasteiger partial charge on any atom is -0.364 e. The topological polar surface area (TPSA) is 15.3 Å². The molecule has 0 radical (unpaired) electrons. The van der Waals surface area contributed by atoms with Crippen LogP contribution in [0.5, 0.6) is 0 Å². The van der Waals surface area contributed by atoms with Crippen molar-refractivity contribution in [1.82, 2.24) is 5.32 Å². The lowest BCUT2D eigenvalue weighted by molar-refractivity contribution is 0.306. The number of piperazine rings is 1. The summed E-state index contributed by atoms with van der Waals surface area (Å²) in [5.74, 6) is 0. The first kappa shape index (κ1) is 13.7. The molecule has 0 aliphatic carbocycles. The smallest absolute Gasteiger partial charge is 0.0642 e. The summed E-state index contributed by atoms with van der Waals surface area (Å²) < 4.78 is 0. The molecule has 1 aromatic carbocycles. The Labute approximate surface area is 115 Å². The molecule has 2 rings (SSSR count). The lowest BCUT2D eigenvalue weighted by atomic mass is 9.96. The molecule has 1 aromatic rings. The van der Waals surface area contributed by atoms with Crippen LogP contribution in [0.4, 0.5) is 5.69 Å². The molecule has 0 spiro atoms. The molecule has 100 valence electrons. The largest absolute Gasteiger partial charge is 0.364 e. The second-order valence-corrected chi connectivity index (χ2v) is 6.27. The van der Waals surface area contributed by atoms with Gasteiger partial charge in [-0.3, -0.25) is 0 Å². The van der Waals surface area contributed by atoms with Gasteiger partial charge in [-0.2, -0.15) is 0 Å². The van der Waals surface area contributed by atoms with E-state index < -0.39 is 0 Å². The van der Waals surface area contributed by atoms with E-state index in [0.29, 0.717) is 6.04 Å². The first-order valence-electron chi connectivity index (χ1n) is 6.71. The van der Waals surface area contributed by atoms with Crippen molar-refractivity contribution in [2.75, 3.05) is 18.0 Å². The van der Waals surface area contributed by atoms with Crippen LogP contribution in [0.1, 0.15) is 32.8 Å². The van der Waals surface area contributed by atoms with Gasteiger partial charge in [-0.15, -0.1) is 0 Å². The number of anilines is 1. The summed E-state index contributed by atoms with van der Waals surface area (Å²) in [4.78, 5) is 2.48. The van der Waals surface area contributed by atoms with Gasteiger partial charge in [-0.1, -0.05) is 30.7 Å². The van der Waals surface area contributed by atoms with Crippen LogP contribution in [-0.2, 0) is 0 Å². The third kappa shape index (κ3) is 2.65. The van der Waals surface area contributed by atoms with Crippen LogP contribution in [0.15, 0.2) is 18.2 Å². The third-order valence-electron chi connectivity index (χ3n) is 3.77. The SMILES string of the molecule is CCC1CNC(C)(C)CN1c1c(C)cccc1Cl. The van der Waals surface area contributed by atoms with Gasteiger partial charge in [0.1, 0.15) is 0 Å².